The van der Waals surface area contributed by atoms with Gasteiger partial charge in [-0.05, 0) is 81.9 Å². The second-order valence-electron chi connectivity index (χ2n) is 10.8. The van der Waals surface area contributed by atoms with E-state index in [0.29, 0.717) is 23.9 Å². The molecule has 4 aromatic rings. The number of hydrogen-bond acceptors (Lipinski definition) is 6. The topological polar surface area (TPSA) is 65.0 Å². The number of carbonyl (C=O) groups excluding carboxylic acids is 1. The van der Waals surface area contributed by atoms with Crippen molar-refractivity contribution in [1.29, 1.82) is 0 Å². The average Bonchev–Trinajstić information content (AvgIpc) is 3.67. The van der Waals surface area contributed by atoms with Crippen LogP contribution in [0.15, 0.2) is 127 Å². The molecule has 0 saturated carbocycles. The Morgan fingerprint density at radius 3 is 2.25 bits per heavy atom. The summed E-state index contributed by atoms with van der Waals surface area (Å²) in [7, 11) is -3.27. The molecule has 0 saturated heterocycles. The summed E-state index contributed by atoms with van der Waals surface area (Å²) in [5, 5.41) is 6.98. The first-order chi connectivity index (χ1) is 21.3. The number of nitrogens with zero attached hydrogens (tertiary/aromatic N) is 1. The van der Waals surface area contributed by atoms with Crippen molar-refractivity contribution in [3.05, 3.63) is 139 Å². The number of allylic oxidation sites excluding steroid dienone is 2. The van der Waals surface area contributed by atoms with Gasteiger partial charge in [-0.2, -0.15) is 0 Å². The summed E-state index contributed by atoms with van der Waals surface area (Å²) in [6.07, 6.45) is 7.39. The predicted molar refractivity (Wildman–Crippen MR) is 183 cm³/mol. The summed E-state index contributed by atoms with van der Waals surface area (Å²) in [4.78, 5) is 18.2. The zero-order valence-corrected chi connectivity index (χ0v) is 26.6. The van der Waals surface area contributed by atoms with Gasteiger partial charge in [0, 0.05) is 35.1 Å². The van der Waals surface area contributed by atoms with Crippen LogP contribution in [0.1, 0.15) is 42.9 Å². The molecule has 3 aromatic carbocycles. The maximum Gasteiger partial charge on any atom is 0.331 e. The van der Waals surface area contributed by atoms with Crippen LogP contribution in [0.2, 0.25) is 0 Å². The molecule has 0 amide bonds. The lowest BCUT2D eigenvalue weighted by Crippen LogP contribution is -2.24. The first-order valence-electron chi connectivity index (χ1n) is 14.6. The lowest BCUT2D eigenvalue weighted by molar-refractivity contribution is -0.140. The smallest absolute Gasteiger partial charge is 0.321 e. The molecule has 1 aliphatic carbocycles. The number of carbonyl (C=O) groups is 1. The third-order valence-electron chi connectivity index (χ3n) is 7.96. The third kappa shape index (κ3) is 6.25. The van der Waals surface area contributed by atoms with Crippen LogP contribution in [0.3, 0.4) is 0 Å². The van der Waals surface area contributed by atoms with Crippen LogP contribution in [0.4, 0.5) is 0 Å². The summed E-state index contributed by atoms with van der Waals surface area (Å²) in [6, 6.07) is 26.3. The van der Waals surface area contributed by atoms with Gasteiger partial charge in [0.2, 0.25) is 7.37 Å². The highest BCUT2D eigenvalue weighted by atomic mass is 32.1. The molecular weight excluding hydrogens is 585 g/mol. The van der Waals surface area contributed by atoms with Crippen molar-refractivity contribution < 1.29 is 18.7 Å². The van der Waals surface area contributed by atoms with Gasteiger partial charge in [-0.25, -0.2) is 4.79 Å². The van der Waals surface area contributed by atoms with Crippen molar-refractivity contribution in [1.82, 2.24) is 0 Å². The number of fused-ring (bicyclic) bond motifs is 3. The minimum Gasteiger partial charge on any atom is -0.321 e. The van der Waals surface area contributed by atoms with Crippen molar-refractivity contribution >= 4 is 35.7 Å². The van der Waals surface area contributed by atoms with Gasteiger partial charge in [-0.3, -0.25) is 4.57 Å². The largest absolute Gasteiger partial charge is 0.331 e. The van der Waals surface area contributed by atoms with Crippen LogP contribution in [0.5, 0.6) is 0 Å². The van der Waals surface area contributed by atoms with E-state index in [9.17, 15) is 9.36 Å². The summed E-state index contributed by atoms with van der Waals surface area (Å²) >= 11 is 1.72. The predicted octanol–water partition coefficient (Wildman–Crippen LogP) is 9.30. The summed E-state index contributed by atoms with van der Waals surface area (Å²) < 4.78 is 20.0. The maximum atomic E-state index is 14.1. The van der Waals surface area contributed by atoms with E-state index in [2.05, 4.69) is 72.7 Å². The molecule has 0 N–H and O–H groups in total. The van der Waals surface area contributed by atoms with Crippen molar-refractivity contribution in [3.8, 4) is 21.6 Å². The SMILES string of the molecule is C=CCOP(=O)(CC/C(=N\OC(C)=O)c1ccc2c(c1)C(CC=C)(CC=C)c1cc(-c3cccs3)ccc1-2)c1ccccc1. The van der Waals surface area contributed by atoms with E-state index in [4.69, 9.17) is 9.36 Å². The van der Waals surface area contributed by atoms with Crippen molar-refractivity contribution in [3.63, 3.8) is 0 Å². The Morgan fingerprint density at radius 1 is 0.909 bits per heavy atom. The lowest BCUT2D eigenvalue weighted by Gasteiger charge is -2.30. The molecule has 1 aromatic heterocycles. The number of oxime groups is 1. The van der Waals surface area contributed by atoms with Gasteiger partial charge in [-0.1, -0.05) is 71.9 Å². The van der Waals surface area contributed by atoms with Gasteiger partial charge in [-0.15, -0.1) is 31.1 Å². The maximum absolute atomic E-state index is 14.1. The highest BCUT2D eigenvalue weighted by molar-refractivity contribution is 7.67. The number of rotatable bonds is 14. The van der Waals surface area contributed by atoms with Crippen LogP contribution < -0.4 is 5.30 Å². The molecule has 0 radical (unpaired) electrons. The Labute approximate surface area is 263 Å². The van der Waals surface area contributed by atoms with Gasteiger partial charge >= 0.3 is 5.97 Å². The zero-order valence-electron chi connectivity index (χ0n) is 24.9. The molecule has 1 heterocycles. The van der Waals surface area contributed by atoms with E-state index in [1.165, 1.54) is 28.5 Å². The van der Waals surface area contributed by atoms with Crippen molar-refractivity contribution in [2.45, 2.75) is 31.6 Å². The monoisotopic (exact) mass is 621 g/mol. The van der Waals surface area contributed by atoms with Gasteiger partial charge in [0.1, 0.15) is 0 Å². The molecule has 0 bridgehead atoms. The van der Waals surface area contributed by atoms with Gasteiger partial charge in [0.05, 0.1) is 12.3 Å². The van der Waals surface area contributed by atoms with E-state index >= 15 is 0 Å². The van der Waals surface area contributed by atoms with Gasteiger partial charge < -0.3 is 9.36 Å². The van der Waals surface area contributed by atoms with Crippen molar-refractivity contribution in [2.24, 2.45) is 5.16 Å². The Balaban J connectivity index is 1.58. The Kier molecular flexibility index (Phi) is 9.75. The van der Waals surface area contributed by atoms with Crippen LogP contribution >= 0.6 is 18.7 Å². The molecule has 0 spiro atoms. The quantitative estimate of drug-likeness (QED) is 0.0463. The second-order valence-corrected chi connectivity index (χ2v) is 14.3. The zero-order chi connectivity index (χ0) is 31.2. The number of thiophene rings is 1. The van der Waals surface area contributed by atoms with Crippen LogP contribution in [-0.2, 0) is 24.1 Å². The number of hydrogen-bond donors (Lipinski definition) is 0. The standard InChI is InChI=1S/C37H36NO4PS/c1-5-20-37(21-6-2)33-25-28(15-17-31(33)32-18-16-29(26-34(32)37)36-14-11-24-44-36)35(38-42-27(4)39)19-23-43(40,41-22-7-3)30-12-9-8-10-13-30/h5-18,24-26H,1-3,19-23H2,4H3/b38-35+. The highest BCUT2D eigenvalue weighted by Crippen LogP contribution is 2.54. The third-order valence-corrected chi connectivity index (χ3v) is 11.3. The molecule has 1 unspecified atom stereocenters. The molecule has 0 aliphatic heterocycles. The normalized spacial score (nSPS) is 14.6. The summed E-state index contributed by atoms with van der Waals surface area (Å²) in [5.74, 6) is -0.529. The van der Waals surface area contributed by atoms with E-state index in [1.807, 2.05) is 48.6 Å². The van der Waals surface area contributed by atoms with Gasteiger partial charge in [0.15, 0.2) is 0 Å². The van der Waals surface area contributed by atoms with Crippen LogP contribution in [-0.4, -0.2) is 24.4 Å². The molecular formula is C37H36NO4PS. The number of benzene rings is 3. The Bertz CT molecular complexity index is 1750. The Morgan fingerprint density at radius 2 is 1.61 bits per heavy atom. The van der Waals surface area contributed by atoms with E-state index < -0.39 is 13.3 Å². The molecule has 0 fully saturated rings. The van der Waals surface area contributed by atoms with Gasteiger partial charge in [0.25, 0.3) is 0 Å². The molecule has 5 nitrogen and oxygen atoms in total. The second kappa shape index (κ2) is 13.7. The molecule has 7 heteroatoms. The van der Waals surface area contributed by atoms with E-state index in [1.54, 1.807) is 17.4 Å². The molecule has 44 heavy (non-hydrogen) atoms. The molecule has 224 valence electrons. The first-order valence-corrected chi connectivity index (χ1v) is 17.2. The van der Waals surface area contributed by atoms with E-state index in [0.717, 1.165) is 16.7 Å². The van der Waals surface area contributed by atoms with Crippen molar-refractivity contribution in [2.75, 3.05) is 12.8 Å². The molecule has 1 atom stereocenters. The minimum atomic E-state index is -3.27. The van der Waals surface area contributed by atoms with Crippen LogP contribution in [0, 0.1) is 0 Å². The highest BCUT2D eigenvalue weighted by Gasteiger charge is 2.42. The summed E-state index contributed by atoms with van der Waals surface area (Å²) in [5.41, 5.74) is 6.80. The Hall–Kier alpha value is -4.09. The minimum absolute atomic E-state index is 0.152. The molecule has 1 aliphatic rings. The molecule has 5 rings (SSSR count). The fraction of sp³-hybridized carbons (Fsp3) is 0.189. The lowest BCUT2D eigenvalue weighted by atomic mass is 9.72. The first kappa shape index (κ1) is 31.3. The fourth-order valence-corrected chi connectivity index (χ4v) is 8.74. The average molecular weight is 622 g/mol. The fourth-order valence-electron chi connectivity index (χ4n) is 6.00. The van der Waals surface area contributed by atoms with E-state index in [-0.39, 0.29) is 24.6 Å². The summed E-state index contributed by atoms with van der Waals surface area (Å²) in [6.45, 7) is 13.4. The van der Waals surface area contributed by atoms with Crippen LogP contribution in [0.25, 0.3) is 21.6 Å².